The zero-order chi connectivity index (χ0) is 15.5. The summed E-state index contributed by atoms with van der Waals surface area (Å²) in [5.41, 5.74) is 3.46. The Labute approximate surface area is 126 Å². The van der Waals surface area contributed by atoms with Gasteiger partial charge in [0.2, 0.25) is 0 Å². The molecule has 0 amide bonds. The lowest BCUT2D eigenvalue weighted by Crippen LogP contribution is -2.08. The van der Waals surface area contributed by atoms with Crippen LogP contribution >= 0.6 is 0 Å². The fourth-order valence-electron chi connectivity index (χ4n) is 2.29. The molecule has 21 heavy (non-hydrogen) atoms. The lowest BCUT2D eigenvalue weighted by Gasteiger charge is -2.18. The van der Waals surface area contributed by atoms with E-state index < -0.39 is 9.84 Å². The number of aryl methyl sites for hydroxylation is 1. The summed E-state index contributed by atoms with van der Waals surface area (Å²) in [6, 6.07) is 15.4. The molecule has 2 aromatic carbocycles. The van der Waals surface area contributed by atoms with E-state index in [9.17, 15) is 8.42 Å². The minimum atomic E-state index is -3.14. The van der Waals surface area contributed by atoms with Gasteiger partial charge in [-0.05, 0) is 42.7 Å². The molecule has 0 aromatic heterocycles. The summed E-state index contributed by atoms with van der Waals surface area (Å²) in [5, 5.41) is 3.49. The van der Waals surface area contributed by atoms with E-state index in [2.05, 4.69) is 31.3 Å². The molecular weight excluding hydrogens is 282 g/mol. The minimum absolute atomic E-state index is 0.117. The van der Waals surface area contributed by atoms with Crippen molar-refractivity contribution in [3.05, 3.63) is 59.7 Å². The molecule has 0 fully saturated rings. The van der Waals surface area contributed by atoms with Crippen LogP contribution in [0.3, 0.4) is 0 Å². The molecule has 0 aliphatic carbocycles. The van der Waals surface area contributed by atoms with Crippen LogP contribution in [-0.2, 0) is 16.3 Å². The second-order valence-electron chi connectivity index (χ2n) is 5.22. The molecule has 2 aromatic rings. The first-order chi connectivity index (χ1) is 9.91. The fraction of sp³-hybridized carbons (Fsp3) is 0.294. The minimum Gasteiger partial charge on any atom is -0.378 e. The maximum atomic E-state index is 11.5. The van der Waals surface area contributed by atoms with Gasteiger partial charge in [0.1, 0.15) is 0 Å². The van der Waals surface area contributed by atoms with Crippen molar-refractivity contribution in [2.75, 3.05) is 11.6 Å². The van der Waals surface area contributed by atoms with Crippen LogP contribution < -0.4 is 5.32 Å². The molecule has 1 atom stereocenters. The van der Waals surface area contributed by atoms with Gasteiger partial charge in [-0.15, -0.1) is 0 Å². The van der Waals surface area contributed by atoms with Crippen LogP contribution in [0.1, 0.15) is 31.0 Å². The molecule has 1 N–H and O–H groups in total. The van der Waals surface area contributed by atoms with Crippen molar-refractivity contribution in [1.82, 2.24) is 0 Å². The zero-order valence-electron chi connectivity index (χ0n) is 12.6. The molecule has 4 heteroatoms. The van der Waals surface area contributed by atoms with E-state index in [-0.39, 0.29) is 6.04 Å². The second-order valence-corrected chi connectivity index (χ2v) is 7.23. The Morgan fingerprint density at radius 2 is 1.67 bits per heavy atom. The smallest absolute Gasteiger partial charge is 0.175 e. The number of sulfone groups is 1. The summed E-state index contributed by atoms with van der Waals surface area (Å²) < 4.78 is 22.9. The summed E-state index contributed by atoms with van der Waals surface area (Å²) in [7, 11) is -3.14. The second kappa shape index (κ2) is 6.31. The summed E-state index contributed by atoms with van der Waals surface area (Å²) in [6.45, 7) is 4.20. The van der Waals surface area contributed by atoms with Crippen molar-refractivity contribution in [2.24, 2.45) is 0 Å². The number of nitrogens with one attached hydrogen (secondary N) is 1. The maximum Gasteiger partial charge on any atom is 0.175 e. The number of anilines is 1. The lowest BCUT2D eigenvalue weighted by molar-refractivity contribution is 0.602. The SMILES string of the molecule is CCc1ccccc1NC(C)c1ccc(S(C)(=O)=O)cc1. The Hall–Kier alpha value is -1.81. The number of hydrogen-bond donors (Lipinski definition) is 1. The van der Waals surface area contributed by atoms with E-state index in [4.69, 9.17) is 0 Å². The third-order valence-electron chi connectivity index (χ3n) is 3.58. The Morgan fingerprint density at radius 1 is 1.05 bits per heavy atom. The van der Waals surface area contributed by atoms with Crippen LogP contribution in [0.5, 0.6) is 0 Å². The van der Waals surface area contributed by atoms with Gasteiger partial charge in [-0.1, -0.05) is 37.3 Å². The highest BCUT2D eigenvalue weighted by Crippen LogP contribution is 2.23. The van der Waals surface area contributed by atoms with Crippen LogP contribution in [0.25, 0.3) is 0 Å². The summed E-state index contributed by atoms with van der Waals surface area (Å²) in [6.07, 6.45) is 2.20. The highest BCUT2D eigenvalue weighted by atomic mass is 32.2. The van der Waals surface area contributed by atoms with Crippen molar-refractivity contribution >= 4 is 15.5 Å². The molecule has 0 bridgehead atoms. The predicted octanol–water partition coefficient (Wildman–Crippen LogP) is 3.83. The summed E-state index contributed by atoms with van der Waals surface area (Å²) in [5.74, 6) is 0. The molecule has 0 saturated heterocycles. The predicted molar refractivity (Wildman–Crippen MR) is 87.4 cm³/mol. The fourth-order valence-corrected chi connectivity index (χ4v) is 2.92. The molecule has 1 unspecified atom stereocenters. The Morgan fingerprint density at radius 3 is 2.24 bits per heavy atom. The Bertz CT molecular complexity index is 706. The van der Waals surface area contributed by atoms with Crippen molar-refractivity contribution in [2.45, 2.75) is 31.2 Å². The van der Waals surface area contributed by atoms with E-state index in [1.54, 1.807) is 12.1 Å². The number of hydrogen-bond acceptors (Lipinski definition) is 3. The molecule has 0 aliphatic rings. The summed E-state index contributed by atoms with van der Waals surface area (Å²) >= 11 is 0. The molecule has 2 rings (SSSR count). The lowest BCUT2D eigenvalue weighted by atomic mass is 10.1. The maximum absolute atomic E-state index is 11.5. The highest BCUT2D eigenvalue weighted by Gasteiger charge is 2.10. The molecule has 0 aliphatic heterocycles. The van der Waals surface area contributed by atoms with Crippen molar-refractivity contribution in [1.29, 1.82) is 0 Å². The summed E-state index contributed by atoms with van der Waals surface area (Å²) in [4.78, 5) is 0.354. The molecular formula is C17H21NO2S. The molecule has 3 nitrogen and oxygen atoms in total. The van der Waals surface area contributed by atoms with Gasteiger partial charge in [0.05, 0.1) is 4.90 Å². The standard InChI is InChI=1S/C17H21NO2S/c1-4-14-7-5-6-8-17(14)18-13(2)15-9-11-16(12-10-15)21(3,19)20/h5-13,18H,4H2,1-3H3. The van der Waals surface area contributed by atoms with Gasteiger partial charge in [-0.3, -0.25) is 0 Å². The first-order valence-corrected chi connectivity index (χ1v) is 8.95. The first kappa shape index (κ1) is 15.6. The van der Waals surface area contributed by atoms with E-state index in [0.717, 1.165) is 17.7 Å². The third kappa shape index (κ3) is 3.85. The average molecular weight is 303 g/mol. The average Bonchev–Trinajstić information content (AvgIpc) is 2.47. The van der Waals surface area contributed by atoms with E-state index in [0.29, 0.717) is 4.90 Å². The zero-order valence-corrected chi connectivity index (χ0v) is 13.4. The number of para-hydroxylation sites is 1. The van der Waals surface area contributed by atoms with E-state index in [1.807, 2.05) is 24.3 Å². The molecule has 0 radical (unpaired) electrons. The van der Waals surface area contributed by atoms with Crippen LogP contribution in [0, 0.1) is 0 Å². The Balaban J connectivity index is 2.19. The Kier molecular flexibility index (Phi) is 4.68. The van der Waals surface area contributed by atoms with Gasteiger partial charge in [-0.2, -0.15) is 0 Å². The van der Waals surface area contributed by atoms with Crippen molar-refractivity contribution in [3.63, 3.8) is 0 Å². The number of rotatable bonds is 5. The quantitative estimate of drug-likeness (QED) is 0.913. The topological polar surface area (TPSA) is 46.2 Å². The van der Waals surface area contributed by atoms with Crippen molar-refractivity contribution in [3.8, 4) is 0 Å². The van der Waals surface area contributed by atoms with Gasteiger partial charge in [0, 0.05) is 18.0 Å². The molecule has 0 saturated carbocycles. The van der Waals surface area contributed by atoms with Gasteiger partial charge in [0.15, 0.2) is 9.84 Å². The van der Waals surface area contributed by atoms with Crippen LogP contribution in [0.2, 0.25) is 0 Å². The highest BCUT2D eigenvalue weighted by molar-refractivity contribution is 7.90. The van der Waals surface area contributed by atoms with E-state index in [1.165, 1.54) is 11.8 Å². The van der Waals surface area contributed by atoms with Gasteiger partial charge >= 0.3 is 0 Å². The number of benzene rings is 2. The monoisotopic (exact) mass is 303 g/mol. The normalized spacial score (nSPS) is 12.9. The van der Waals surface area contributed by atoms with Gasteiger partial charge in [-0.25, -0.2) is 8.42 Å². The van der Waals surface area contributed by atoms with Crippen LogP contribution in [0.4, 0.5) is 5.69 Å². The van der Waals surface area contributed by atoms with Gasteiger partial charge in [0.25, 0.3) is 0 Å². The molecule has 0 heterocycles. The molecule has 112 valence electrons. The van der Waals surface area contributed by atoms with Gasteiger partial charge < -0.3 is 5.32 Å². The van der Waals surface area contributed by atoms with E-state index >= 15 is 0 Å². The third-order valence-corrected chi connectivity index (χ3v) is 4.71. The first-order valence-electron chi connectivity index (χ1n) is 7.06. The van der Waals surface area contributed by atoms with Crippen LogP contribution in [0.15, 0.2) is 53.4 Å². The molecule has 0 spiro atoms. The largest absolute Gasteiger partial charge is 0.378 e. The van der Waals surface area contributed by atoms with Crippen LogP contribution in [-0.4, -0.2) is 14.7 Å². The van der Waals surface area contributed by atoms with Crippen molar-refractivity contribution < 1.29 is 8.42 Å².